The van der Waals surface area contributed by atoms with Crippen LogP contribution >= 0.6 is 0 Å². The zero-order chi connectivity index (χ0) is 21.2. The van der Waals surface area contributed by atoms with Crippen molar-refractivity contribution in [1.82, 2.24) is 15.5 Å². The Balaban J connectivity index is 2.04. The quantitative estimate of drug-likeness (QED) is 0.528. The summed E-state index contributed by atoms with van der Waals surface area (Å²) < 4.78 is 10.7. The summed E-state index contributed by atoms with van der Waals surface area (Å²) in [4.78, 5) is 18.2. The van der Waals surface area contributed by atoms with Gasteiger partial charge in [0.05, 0.1) is 20.8 Å². The van der Waals surface area contributed by atoms with E-state index in [1.54, 1.807) is 33.2 Å². The van der Waals surface area contributed by atoms with Gasteiger partial charge in [-0.05, 0) is 36.8 Å². The molecule has 0 saturated heterocycles. The first-order valence-electron chi connectivity index (χ1n) is 9.52. The van der Waals surface area contributed by atoms with Gasteiger partial charge in [-0.3, -0.25) is 4.79 Å². The van der Waals surface area contributed by atoms with Crippen LogP contribution in [0.15, 0.2) is 47.5 Å². The van der Waals surface area contributed by atoms with E-state index in [1.807, 2.05) is 49.4 Å². The number of hydrogen-bond acceptors (Lipinski definition) is 4. The summed E-state index contributed by atoms with van der Waals surface area (Å²) >= 11 is 0. The topological polar surface area (TPSA) is 75.2 Å². The molecule has 7 heteroatoms. The van der Waals surface area contributed by atoms with E-state index in [0.717, 1.165) is 29.2 Å². The lowest BCUT2D eigenvalue weighted by Gasteiger charge is -2.14. The number of guanidine groups is 1. The van der Waals surface area contributed by atoms with Gasteiger partial charge in [-0.25, -0.2) is 4.99 Å². The highest BCUT2D eigenvalue weighted by Gasteiger charge is 2.08. The monoisotopic (exact) mass is 398 g/mol. The van der Waals surface area contributed by atoms with E-state index in [2.05, 4.69) is 15.6 Å². The molecule has 0 spiro atoms. The van der Waals surface area contributed by atoms with Crippen LogP contribution in [0.3, 0.4) is 0 Å². The second kappa shape index (κ2) is 10.9. The van der Waals surface area contributed by atoms with E-state index < -0.39 is 0 Å². The minimum absolute atomic E-state index is 0.0107. The van der Waals surface area contributed by atoms with Crippen molar-refractivity contribution in [3.05, 3.63) is 59.2 Å². The van der Waals surface area contributed by atoms with E-state index in [4.69, 9.17) is 9.47 Å². The molecule has 156 valence electrons. The maximum Gasteiger partial charge on any atom is 0.253 e. The van der Waals surface area contributed by atoms with Crippen LogP contribution in [0.5, 0.6) is 11.5 Å². The number of methoxy groups -OCH3 is 2. The molecular formula is C22H30N4O3. The molecule has 0 fully saturated rings. The van der Waals surface area contributed by atoms with Crippen molar-refractivity contribution < 1.29 is 14.3 Å². The molecule has 0 unspecified atom stereocenters. The van der Waals surface area contributed by atoms with Crippen LogP contribution in [0.4, 0.5) is 0 Å². The third kappa shape index (κ3) is 6.41. The van der Waals surface area contributed by atoms with Crippen molar-refractivity contribution in [2.75, 3.05) is 34.9 Å². The number of hydrogen-bond donors (Lipinski definition) is 2. The lowest BCUT2D eigenvalue weighted by Crippen LogP contribution is -2.36. The molecule has 0 aliphatic heterocycles. The molecule has 0 aromatic heterocycles. The van der Waals surface area contributed by atoms with Crippen molar-refractivity contribution in [3.63, 3.8) is 0 Å². The summed E-state index contributed by atoms with van der Waals surface area (Å²) in [5, 5.41) is 6.56. The molecule has 2 aromatic rings. The molecule has 0 radical (unpaired) electrons. The molecular weight excluding hydrogens is 368 g/mol. The van der Waals surface area contributed by atoms with Crippen molar-refractivity contribution in [1.29, 1.82) is 0 Å². The van der Waals surface area contributed by atoms with E-state index in [9.17, 15) is 4.79 Å². The Hall–Kier alpha value is -3.22. The number of carbonyl (C=O) groups is 1. The lowest BCUT2D eigenvalue weighted by atomic mass is 10.1. The largest absolute Gasteiger partial charge is 0.497 e. The first-order chi connectivity index (χ1) is 14.0. The Morgan fingerprint density at radius 1 is 1.03 bits per heavy atom. The number of carbonyl (C=O) groups excluding carboxylic acids is 1. The normalized spacial score (nSPS) is 11.0. The molecule has 2 aromatic carbocycles. The standard InChI is InChI=1S/C22H30N4O3/c1-6-23-22(25-15-18-11-12-19(28-4)13-20(18)29-5)24-14-16-7-9-17(10-8-16)21(27)26(2)3/h7-13H,6,14-15H2,1-5H3,(H2,23,24,25). The Labute approximate surface area is 172 Å². The van der Waals surface area contributed by atoms with Crippen LogP contribution in [-0.4, -0.2) is 51.6 Å². The van der Waals surface area contributed by atoms with Gasteiger partial charge in [0.1, 0.15) is 11.5 Å². The van der Waals surface area contributed by atoms with Gasteiger partial charge in [-0.2, -0.15) is 0 Å². The molecule has 0 aliphatic carbocycles. The first kappa shape index (κ1) is 22.1. The number of nitrogens with one attached hydrogen (secondary N) is 2. The maximum atomic E-state index is 12.0. The highest BCUT2D eigenvalue weighted by atomic mass is 16.5. The summed E-state index contributed by atoms with van der Waals surface area (Å²) in [6.07, 6.45) is 0. The third-order valence-corrected chi connectivity index (χ3v) is 4.31. The average Bonchev–Trinajstić information content (AvgIpc) is 2.75. The van der Waals surface area contributed by atoms with E-state index in [0.29, 0.717) is 24.6 Å². The summed E-state index contributed by atoms with van der Waals surface area (Å²) in [7, 11) is 6.76. The summed E-state index contributed by atoms with van der Waals surface area (Å²) in [5.74, 6) is 2.21. The van der Waals surface area contributed by atoms with E-state index in [-0.39, 0.29) is 5.91 Å². The van der Waals surface area contributed by atoms with Crippen LogP contribution < -0.4 is 20.1 Å². The smallest absolute Gasteiger partial charge is 0.253 e. The summed E-state index contributed by atoms with van der Waals surface area (Å²) in [5.41, 5.74) is 2.70. The molecule has 0 heterocycles. The number of ether oxygens (including phenoxy) is 2. The SMILES string of the molecule is CCNC(=NCc1ccc(C(=O)N(C)C)cc1)NCc1ccc(OC)cc1OC. The maximum absolute atomic E-state index is 12.0. The van der Waals surface area contributed by atoms with Crippen molar-refractivity contribution in [2.24, 2.45) is 4.99 Å². The fourth-order valence-corrected chi connectivity index (χ4v) is 2.70. The predicted octanol–water partition coefficient (Wildman–Crippen LogP) is 2.66. The zero-order valence-electron chi connectivity index (χ0n) is 17.8. The number of benzene rings is 2. The molecule has 0 bridgehead atoms. The Morgan fingerprint density at radius 2 is 1.76 bits per heavy atom. The fourth-order valence-electron chi connectivity index (χ4n) is 2.70. The van der Waals surface area contributed by atoms with Gasteiger partial charge in [0.25, 0.3) is 5.91 Å². The van der Waals surface area contributed by atoms with Gasteiger partial charge in [0, 0.05) is 44.4 Å². The molecule has 2 rings (SSSR count). The van der Waals surface area contributed by atoms with Crippen molar-refractivity contribution in [2.45, 2.75) is 20.0 Å². The van der Waals surface area contributed by atoms with Crippen molar-refractivity contribution >= 4 is 11.9 Å². The van der Waals surface area contributed by atoms with Gasteiger partial charge in [-0.15, -0.1) is 0 Å². The van der Waals surface area contributed by atoms with Gasteiger partial charge < -0.3 is 25.0 Å². The van der Waals surface area contributed by atoms with Crippen LogP contribution in [0.25, 0.3) is 0 Å². The summed E-state index contributed by atoms with van der Waals surface area (Å²) in [6, 6.07) is 13.2. The highest BCUT2D eigenvalue weighted by Crippen LogP contribution is 2.24. The third-order valence-electron chi connectivity index (χ3n) is 4.31. The second-order valence-electron chi connectivity index (χ2n) is 6.62. The molecule has 29 heavy (non-hydrogen) atoms. The predicted molar refractivity (Wildman–Crippen MR) is 116 cm³/mol. The molecule has 0 aliphatic rings. The fraction of sp³-hybridized carbons (Fsp3) is 0.364. The molecule has 1 amide bonds. The van der Waals surface area contributed by atoms with Crippen LogP contribution in [-0.2, 0) is 13.1 Å². The molecule has 0 saturated carbocycles. The van der Waals surface area contributed by atoms with E-state index in [1.165, 1.54) is 0 Å². The minimum atomic E-state index is -0.0107. The van der Waals surface area contributed by atoms with Crippen LogP contribution in [0.2, 0.25) is 0 Å². The highest BCUT2D eigenvalue weighted by molar-refractivity contribution is 5.93. The lowest BCUT2D eigenvalue weighted by molar-refractivity contribution is 0.0827. The molecule has 0 atom stereocenters. The van der Waals surface area contributed by atoms with Gasteiger partial charge >= 0.3 is 0 Å². The zero-order valence-corrected chi connectivity index (χ0v) is 17.8. The Morgan fingerprint density at radius 3 is 2.34 bits per heavy atom. The number of aliphatic imine (C=N–C) groups is 1. The number of nitrogens with zero attached hydrogens (tertiary/aromatic N) is 2. The molecule has 2 N–H and O–H groups in total. The van der Waals surface area contributed by atoms with Crippen molar-refractivity contribution in [3.8, 4) is 11.5 Å². The second-order valence-corrected chi connectivity index (χ2v) is 6.62. The van der Waals surface area contributed by atoms with Crippen LogP contribution in [0.1, 0.15) is 28.4 Å². The van der Waals surface area contributed by atoms with Gasteiger partial charge in [0.15, 0.2) is 5.96 Å². The van der Waals surface area contributed by atoms with Gasteiger partial charge in [0.2, 0.25) is 0 Å². The Bertz CT molecular complexity index is 832. The summed E-state index contributed by atoms with van der Waals surface area (Å²) in [6.45, 7) is 3.84. The average molecular weight is 399 g/mol. The number of amides is 1. The minimum Gasteiger partial charge on any atom is -0.497 e. The van der Waals surface area contributed by atoms with Crippen LogP contribution in [0, 0.1) is 0 Å². The first-order valence-corrected chi connectivity index (χ1v) is 9.52. The Kier molecular flexibility index (Phi) is 8.33. The molecule has 7 nitrogen and oxygen atoms in total. The number of rotatable bonds is 8. The van der Waals surface area contributed by atoms with E-state index >= 15 is 0 Å². The van der Waals surface area contributed by atoms with Gasteiger partial charge in [-0.1, -0.05) is 12.1 Å².